The summed E-state index contributed by atoms with van der Waals surface area (Å²) in [6.07, 6.45) is 1.23. The van der Waals surface area contributed by atoms with Gasteiger partial charge in [0.1, 0.15) is 0 Å². The van der Waals surface area contributed by atoms with Crippen LogP contribution in [0.2, 0.25) is 0 Å². The van der Waals surface area contributed by atoms with E-state index in [4.69, 9.17) is 0 Å². The van der Waals surface area contributed by atoms with Gasteiger partial charge < -0.3 is 5.32 Å². The van der Waals surface area contributed by atoms with Gasteiger partial charge in [-0.2, -0.15) is 0 Å². The molecular formula is C14H22BrNS. The topological polar surface area (TPSA) is 12.0 Å². The Labute approximate surface area is 118 Å². The maximum absolute atomic E-state index is 3.56. The minimum absolute atomic E-state index is 0.433. The Bertz CT molecular complexity index is 333. The van der Waals surface area contributed by atoms with E-state index in [2.05, 4.69) is 66.3 Å². The average Bonchev–Trinajstić information content (AvgIpc) is 2.24. The molecule has 0 saturated heterocycles. The fraction of sp³-hybridized carbons (Fsp3) is 0.571. The molecule has 0 aliphatic rings. The normalized spacial score (nSPS) is 11.8. The van der Waals surface area contributed by atoms with Crippen LogP contribution in [0.4, 0.5) is 0 Å². The zero-order chi connectivity index (χ0) is 12.7. The molecule has 1 aromatic carbocycles. The highest BCUT2D eigenvalue weighted by Crippen LogP contribution is 2.26. The van der Waals surface area contributed by atoms with Gasteiger partial charge in [-0.1, -0.05) is 32.9 Å². The van der Waals surface area contributed by atoms with E-state index in [0.29, 0.717) is 5.41 Å². The van der Waals surface area contributed by atoms with Crippen molar-refractivity contribution in [1.29, 1.82) is 0 Å². The van der Waals surface area contributed by atoms with Crippen molar-refractivity contribution in [3.8, 4) is 0 Å². The molecule has 0 aromatic heterocycles. The summed E-state index contributed by atoms with van der Waals surface area (Å²) in [4.78, 5) is 1.32. The number of thioether (sulfide) groups is 1. The van der Waals surface area contributed by atoms with E-state index in [1.54, 1.807) is 0 Å². The van der Waals surface area contributed by atoms with Crippen LogP contribution >= 0.6 is 27.7 Å². The Balaban J connectivity index is 2.11. The summed E-state index contributed by atoms with van der Waals surface area (Å²) in [7, 11) is 0. The third-order valence-corrected chi connectivity index (χ3v) is 4.45. The van der Waals surface area contributed by atoms with Gasteiger partial charge in [0.15, 0.2) is 0 Å². The van der Waals surface area contributed by atoms with Crippen LogP contribution in [0.5, 0.6) is 0 Å². The van der Waals surface area contributed by atoms with E-state index in [-0.39, 0.29) is 0 Å². The van der Waals surface area contributed by atoms with E-state index in [9.17, 15) is 0 Å². The monoisotopic (exact) mass is 315 g/mol. The van der Waals surface area contributed by atoms with Crippen molar-refractivity contribution in [3.63, 3.8) is 0 Å². The van der Waals surface area contributed by atoms with E-state index < -0.39 is 0 Å². The zero-order valence-corrected chi connectivity index (χ0v) is 13.3. The Morgan fingerprint density at radius 2 is 1.88 bits per heavy atom. The molecule has 0 aliphatic heterocycles. The lowest BCUT2D eigenvalue weighted by Crippen LogP contribution is -2.22. The van der Waals surface area contributed by atoms with Crippen LogP contribution < -0.4 is 5.32 Å². The van der Waals surface area contributed by atoms with Gasteiger partial charge in [0, 0.05) is 21.7 Å². The number of rotatable bonds is 6. The molecule has 1 rings (SSSR count). The summed E-state index contributed by atoms with van der Waals surface area (Å²) in [5, 5.41) is 3.50. The molecule has 1 nitrogen and oxygen atoms in total. The number of hydrogen-bond donors (Lipinski definition) is 1. The quantitative estimate of drug-likeness (QED) is 0.609. The Hall–Kier alpha value is 0.01000. The first kappa shape index (κ1) is 15.1. The Morgan fingerprint density at radius 3 is 2.53 bits per heavy atom. The van der Waals surface area contributed by atoms with Gasteiger partial charge in [0.25, 0.3) is 0 Å². The first-order valence-corrected chi connectivity index (χ1v) is 7.85. The minimum Gasteiger partial charge on any atom is -0.316 e. The molecule has 17 heavy (non-hydrogen) atoms. The predicted molar refractivity (Wildman–Crippen MR) is 81.8 cm³/mol. The smallest absolute Gasteiger partial charge is 0.0311 e. The molecule has 0 unspecified atom stereocenters. The lowest BCUT2D eigenvalue weighted by molar-refractivity contribution is 0.369. The van der Waals surface area contributed by atoms with Crippen molar-refractivity contribution in [2.45, 2.75) is 32.1 Å². The maximum Gasteiger partial charge on any atom is 0.0311 e. The summed E-state index contributed by atoms with van der Waals surface area (Å²) in [5.74, 6) is 1.12. The largest absolute Gasteiger partial charge is 0.316 e. The Morgan fingerprint density at radius 1 is 1.18 bits per heavy atom. The van der Waals surface area contributed by atoms with Crippen molar-refractivity contribution in [3.05, 3.63) is 28.7 Å². The second-order valence-electron chi connectivity index (χ2n) is 5.34. The highest BCUT2D eigenvalue weighted by molar-refractivity contribution is 9.10. The molecule has 0 radical (unpaired) electrons. The van der Waals surface area contributed by atoms with Gasteiger partial charge >= 0.3 is 0 Å². The lowest BCUT2D eigenvalue weighted by atomic mass is 9.92. The average molecular weight is 316 g/mol. The summed E-state index contributed by atoms with van der Waals surface area (Å²) in [6.45, 7) is 9.03. The summed E-state index contributed by atoms with van der Waals surface area (Å²) in [5.41, 5.74) is 0.433. The Kier molecular flexibility index (Phi) is 6.60. The molecule has 0 heterocycles. The van der Waals surface area contributed by atoms with Crippen molar-refractivity contribution in [1.82, 2.24) is 5.32 Å². The molecule has 96 valence electrons. The van der Waals surface area contributed by atoms with E-state index in [0.717, 1.165) is 18.8 Å². The first-order chi connectivity index (χ1) is 7.99. The van der Waals surface area contributed by atoms with Crippen LogP contribution in [-0.2, 0) is 0 Å². The number of halogens is 1. The van der Waals surface area contributed by atoms with E-state index >= 15 is 0 Å². The summed E-state index contributed by atoms with van der Waals surface area (Å²) >= 11 is 5.46. The van der Waals surface area contributed by atoms with Gasteiger partial charge in [0.05, 0.1) is 0 Å². The second kappa shape index (κ2) is 7.45. The molecular weight excluding hydrogens is 294 g/mol. The second-order valence-corrected chi connectivity index (χ2v) is 7.33. The molecule has 0 atom stereocenters. The number of nitrogens with one attached hydrogen (secondary N) is 1. The molecule has 0 bridgehead atoms. The van der Waals surface area contributed by atoms with Crippen LogP contribution in [0.3, 0.4) is 0 Å². The van der Waals surface area contributed by atoms with Crippen LogP contribution in [0.25, 0.3) is 0 Å². The SMILES string of the molecule is CC(C)(C)CCNCCSc1ccccc1Br. The zero-order valence-electron chi connectivity index (χ0n) is 10.9. The third-order valence-electron chi connectivity index (χ3n) is 2.42. The van der Waals surface area contributed by atoms with Crippen molar-refractivity contribution in [2.24, 2.45) is 5.41 Å². The van der Waals surface area contributed by atoms with Gasteiger partial charge in [-0.25, -0.2) is 0 Å². The first-order valence-electron chi connectivity index (χ1n) is 6.07. The van der Waals surface area contributed by atoms with Crippen molar-refractivity contribution < 1.29 is 0 Å². The molecule has 1 aromatic rings. The molecule has 0 aliphatic carbocycles. The molecule has 1 N–H and O–H groups in total. The van der Waals surface area contributed by atoms with Crippen LogP contribution in [0.1, 0.15) is 27.2 Å². The van der Waals surface area contributed by atoms with Crippen LogP contribution in [0, 0.1) is 5.41 Å². The maximum atomic E-state index is 3.56. The lowest BCUT2D eigenvalue weighted by Gasteiger charge is -2.18. The summed E-state index contributed by atoms with van der Waals surface area (Å²) < 4.78 is 1.19. The van der Waals surface area contributed by atoms with Gasteiger partial charge in [-0.3, -0.25) is 0 Å². The third kappa shape index (κ3) is 7.12. The molecule has 0 amide bonds. The molecule has 0 spiro atoms. The van der Waals surface area contributed by atoms with Gasteiger partial charge in [0.2, 0.25) is 0 Å². The molecule has 0 fully saturated rings. The number of hydrogen-bond acceptors (Lipinski definition) is 2. The highest BCUT2D eigenvalue weighted by Gasteiger charge is 2.08. The minimum atomic E-state index is 0.433. The van der Waals surface area contributed by atoms with Crippen molar-refractivity contribution in [2.75, 3.05) is 18.8 Å². The number of benzene rings is 1. The van der Waals surface area contributed by atoms with Gasteiger partial charge in [-0.15, -0.1) is 11.8 Å². The van der Waals surface area contributed by atoms with Crippen LogP contribution in [-0.4, -0.2) is 18.8 Å². The molecule has 0 saturated carbocycles. The molecule has 3 heteroatoms. The summed E-state index contributed by atoms with van der Waals surface area (Å²) in [6, 6.07) is 8.38. The van der Waals surface area contributed by atoms with Crippen LogP contribution in [0.15, 0.2) is 33.6 Å². The predicted octanol–water partition coefficient (Wildman–Crippen LogP) is 4.57. The van der Waals surface area contributed by atoms with Gasteiger partial charge in [-0.05, 0) is 46.4 Å². The fourth-order valence-electron chi connectivity index (χ4n) is 1.38. The van der Waals surface area contributed by atoms with E-state index in [1.165, 1.54) is 15.8 Å². The highest BCUT2D eigenvalue weighted by atomic mass is 79.9. The van der Waals surface area contributed by atoms with E-state index in [1.807, 2.05) is 11.8 Å². The van der Waals surface area contributed by atoms with Crippen molar-refractivity contribution >= 4 is 27.7 Å². The standard InChI is InChI=1S/C14H22BrNS/c1-14(2,3)8-9-16-10-11-17-13-7-5-4-6-12(13)15/h4-7,16H,8-11H2,1-3H3. The fourth-order valence-corrected chi connectivity index (χ4v) is 2.86.